The minimum Gasteiger partial charge on any atom is -0.512 e. The Labute approximate surface area is 111 Å². The number of allylic oxidation sites excluding steroid dienone is 1. The number of hydrogen-bond acceptors (Lipinski definition) is 3. The Bertz CT molecular complexity index is 505. The highest BCUT2D eigenvalue weighted by Gasteiger charge is 2.21. The molecule has 2 rings (SSSR count). The number of benzene rings is 1. The number of hydrogen-bond donors (Lipinski definition) is 2. The SMILES string of the molecule is NC(/C=C(\O)C1CCC1)=N/C(=O)Oc1ccccc1. The number of amides is 1. The Hall–Kier alpha value is -2.30. The Morgan fingerprint density at radius 2 is 2.05 bits per heavy atom. The fourth-order valence-electron chi connectivity index (χ4n) is 1.72. The van der Waals surface area contributed by atoms with Crippen LogP contribution < -0.4 is 10.5 Å². The molecule has 3 N–H and O–H groups in total. The number of nitrogens with zero attached hydrogens (tertiary/aromatic N) is 1. The highest BCUT2D eigenvalue weighted by molar-refractivity contribution is 5.98. The van der Waals surface area contributed by atoms with E-state index in [0.29, 0.717) is 5.75 Å². The minimum atomic E-state index is -0.804. The molecule has 0 aliphatic heterocycles. The lowest BCUT2D eigenvalue weighted by molar-refractivity contribution is 0.211. The fraction of sp³-hybridized carbons (Fsp3) is 0.286. The van der Waals surface area contributed by atoms with Crippen molar-refractivity contribution in [3.63, 3.8) is 0 Å². The third kappa shape index (κ3) is 3.84. The van der Waals surface area contributed by atoms with Crippen molar-refractivity contribution in [3.05, 3.63) is 42.2 Å². The van der Waals surface area contributed by atoms with Crippen molar-refractivity contribution in [2.24, 2.45) is 16.6 Å². The van der Waals surface area contributed by atoms with Gasteiger partial charge in [0.2, 0.25) is 0 Å². The molecule has 0 bridgehead atoms. The summed E-state index contributed by atoms with van der Waals surface area (Å²) >= 11 is 0. The molecule has 0 atom stereocenters. The number of para-hydroxylation sites is 1. The summed E-state index contributed by atoms with van der Waals surface area (Å²) in [5.41, 5.74) is 5.56. The quantitative estimate of drug-likeness (QED) is 0.497. The molecule has 1 aromatic rings. The molecule has 1 aromatic carbocycles. The van der Waals surface area contributed by atoms with Gasteiger partial charge in [0.15, 0.2) is 0 Å². The van der Waals surface area contributed by atoms with Crippen LogP contribution in [0.4, 0.5) is 4.79 Å². The van der Waals surface area contributed by atoms with Gasteiger partial charge in [-0.15, -0.1) is 0 Å². The van der Waals surface area contributed by atoms with Crippen LogP contribution in [0.15, 0.2) is 47.2 Å². The molecule has 100 valence electrons. The van der Waals surface area contributed by atoms with E-state index in [1.165, 1.54) is 6.08 Å². The fourth-order valence-corrected chi connectivity index (χ4v) is 1.72. The van der Waals surface area contributed by atoms with Gasteiger partial charge in [0.1, 0.15) is 11.6 Å². The number of carbonyl (C=O) groups is 1. The Morgan fingerprint density at radius 1 is 1.37 bits per heavy atom. The van der Waals surface area contributed by atoms with Crippen LogP contribution in [0.3, 0.4) is 0 Å². The zero-order valence-corrected chi connectivity index (χ0v) is 10.5. The van der Waals surface area contributed by atoms with Gasteiger partial charge in [-0.1, -0.05) is 24.6 Å². The van der Waals surface area contributed by atoms with Crippen LogP contribution in [0, 0.1) is 5.92 Å². The molecule has 5 nitrogen and oxygen atoms in total. The Balaban J connectivity index is 1.94. The van der Waals surface area contributed by atoms with Gasteiger partial charge in [0.05, 0.1) is 5.76 Å². The highest BCUT2D eigenvalue weighted by Crippen LogP contribution is 2.31. The summed E-state index contributed by atoms with van der Waals surface area (Å²) in [5, 5.41) is 9.69. The molecular weight excluding hydrogens is 244 g/mol. The van der Waals surface area contributed by atoms with E-state index in [1.54, 1.807) is 24.3 Å². The normalized spacial score (nSPS) is 16.8. The van der Waals surface area contributed by atoms with Crippen molar-refractivity contribution in [2.75, 3.05) is 0 Å². The molecule has 0 heterocycles. The summed E-state index contributed by atoms with van der Waals surface area (Å²) < 4.78 is 4.95. The molecule has 0 unspecified atom stereocenters. The number of aliphatic hydroxyl groups excluding tert-OH is 1. The maximum atomic E-state index is 11.5. The molecule has 1 aliphatic rings. The standard InChI is InChI=1S/C14H16N2O3/c15-13(9-12(17)10-5-4-6-10)16-14(18)19-11-7-2-1-3-8-11/h1-3,7-10,17H,4-6H2,(H2,15,16,18)/b12-9-. The predicted molar refractivity (Wildman–Crippen MR) is 72.1 cm³/mol. The van der Waals surface area contributed by atoms with Gasteiger partial charge in [0, 0.05) is 12.0 Å². The van der Waals surface area contributed by atoms with Crippen LogP contribution in [0.25, 0.3) is 0 Å². The van der Waals surface area contributed by atoms with Crippen LogP contribution in [-0.4, -0.2) is 17.0 Å². The van der Waals surface area contributed by atoms with Gasteiger partial charge < -0.3 is 15.6 Å². The predicted octanol–water partition coefficient (Wildman–Crippen LogP) is 2.78. The first-order valence-corrected chi connectivity index (χ1v) is 6.17. The van der Waals surface area contributed by atoms with E-state index < -0.39 is 6.09 Å². The third-order valence-electron chi connectivity index (χ3n) is 2.99. The highest BCUT2D eigenvalue weighted by atomic mass is 16.5. The molecule has 1 amide bonds. The van der Waals surface area contributed by atoms with Crippen LogP contribution in [0.1, 0.15) is 19.3 Å². The lowest BCUT2D eigenvalue weighted by atomic mass is 9.84. The summed E-state index contributed by atoms with van der Waals surface area (Å²) in [6.07, 6.45) is 3.52. The van der Waals surface area contributed by atoms with Crippen LogP contribution >= 0.6 is 0 Å². The molecular formula is C14H16N2O3. The van der Waals surface area contributed by atoms with Gasteiger partial charge in [-0.3, -0.25) is 0 Å². The second-order valence-electron chi connectivity index (χ2n) is 4.41. The van der Waals surface area contributed by atoms with Crippen molar-refractivity contribution >= 4 is 11.9 Å². The molecule has 0 radical (unpaired) electrons. The Morgan fingerprint density at radius 3 is 2.63 bits per heavy atom. The molecule has 19 heavy (non-hydrogen) atoms. The van der Waals surface area contributed by atoms with Gasteiger partial charge >= 0.3 is 6.09 Å². The molecule has 1 saturated carbocycles. The van der Waals surface area contributed by atoms with E-state index in [1.807, 2.05) is 6.07 Å². The first-order valence-electron chi connectivity index (χ1n) is 6.17. The average Bonchev–Trinajstić information content (AvgIpc) is 2.26. The third-order valence-corrected chi connectivity index (χ3v) is 2.99. The van der Waals surface area contributed by atoms with Crippen molar-refractivity contribution in [2.45, 2.75) is 19.3 Å². The van der Waals surface area contributed by atoms with Crippen molar-refractivity contribution in [1.82, 2.24) is 0 Å². The first-order chi connectivity index (χ1) is 9.15. The minimum absolute atomic E-state index is 0.0506. The van der Waals surface area contributed by atoms with Crippen LogP contribution in [-0.2, 0) is 0 Å². The van der Waals surface area contributed by atoms with Crippen LogP contribution in [0.5, 0.6) is 5.75 Å². The van der Waals surface area contributed by atoms with Crippen LogP contribution in [0.2, 0.25) is 0 Å². The molecule has 0 aromatic heterocycles. The van der Waals surface area contributed by atoms with Gasteiger partial charge in [-0.25, -0.2) is 4.79 Å². The number of ether oxygens (including phenoxy) is 1. The maximum absolute atomic E-state index is 11.5. The van der Waals surface area contributed by atoms with Crippen molar-refractivity contribution in [1.29, 1.82) is 0 Å². The van der Waals surface area contributed by atoms with E-state index in [4.69, 9.17) is 10.5 Å². The summed E-state index contributed by atoms with van der Waals surface area (Å²) in [6.45, 7) is 0. The topological polar surface area (TPSA) is 84.9 Å². The smallest absolute Gasteiger partial charge is 0.441 e. The van der Waals surface area contributed by atoms with E-state index in [2.05, 4.69) is 4.99 Å². The summed E-state index contributed by atoms with van der Waals surface area (Å²) in [7, 11) is 0. The lowest BCUT2D eigenvalue weighted by Crippen LogP contribution is -2.18. The van der Waals surface area contributed by atoms with Crippen molar-refractivity contribution < 1.29 is 14.6 Å². The lowest BCUT2D eigenvalue weighted by Gasteiger charge is -2.24. The summed E-state index contributed by atoms with van der Waals surface area (Å²) in [4.78, 5) is 15.0. The average molecular weight is 260 g/mol. The summed E-state index contributed by atoms with van der Waals surface area (Å²) in [5.74, 6) is 0.681. The summed E-state index contributed by atoms with van der Waals surface area (Å²) in [6, 6.07) is 8.60. The van der Waals surface area contributed by atoms with Gasteiger partial charge in [0.25, 0.3) is 0 Å². The van der Waals surface area contributed by atoms with E-state index >= 15 is 0 Å². The Kier molecular flexibility index (Phi) is 4.18. The molecule has 1 fully saturated rings. The number of rotatable bonds is 3. The van der Waals surface area contributed by atoms with E-state index in [0.717, 1.165) is 19.3 Å². The number of aliphatic imine (C=N–C) groups is 1. The van der Waals surface area contributed by atoms with Crippen molar-refractivity contribution in [3.8, 4) is 5.75 Å². The van der Waals surface area contributed by atoms with Gasteiger partial charge in [-0.2, -0.15) is 4.99 Å². The zero-order chi connectivity index (χ0) is 13.7. The number of aliphatic hydroxyl groups is 1. The molecule has 1 aliphatic carbocycles. The number of carbonyl (C=O) groups excluding carboxylic acids is 1. The molecule has 0 spiro atoms. The number of amidine groups is 1. The first kappa shape index (κ1) is 13.1. The molecule has 5 heteroatoms. The van der Waals surface area contributed by atoms with E-state index in [-0.39, 0.29) is 17.5 Å². The maximum Gasteiger partial charge on any atom is 0.441 e. The van der Waals surface area contributed by atoms with E-state index in [9.17, 15) is 9.90 Å². The molecule has 0 saturated heterocycles. The zero-order valence-electron chi connectivity index (χ0n) is 10.5. The largest absolute Gasteiger partial charge is 0.512 e. The second kappa shape index (κ2) is 6.04. The van der Waals surface area contributed by atoms with Gasteiger partial charge in [-0.05, 0) is 25.0 Å². The second-order valence-corrected chi connectivity index (χ2v) is 4.41. The number of nitrogens with two attached hydrogens (primary N) is 1. The monoisotopic (exact) mass is 260 g/mol.